The van der Waals surface area contributed by atoms with Crippen molar-refractivity contribution in [3.63, 3.8) is 0 Å². The molecule has 2 fully saturated rings. The molecular formula is C21H26BrN3OS. The molecular weight excluding hydrogens is 422 g/mol. The van der Waals surface area contributed by atoms with Gasteiger partial charge in [0.15, 0.2) is 4.80 Å². The van der Waals surface area contributed by atoms with E-state index in [0.29, 0.717) is 25.0 Å². The van der Waals surface area contributed by atoms with Gasteiger partial charge >= 0.3 is 0 Å². The molecule has 0 spiro atoms. The summed E-state index contributed by atoms with van der Waals surface area (Å²) in [5, 5.41) is 5.19. The van der Waals surface area contributed by atoms with Gasteiger partial charge in [0.05, 0.1) is 12.5 Å². The van der Waals surface area contributed by atoms with Crippen LogP contribution in [-0.4, -0.2) is 16.5 Å². The number of hydrogen-bond donors (Lipinski definition) is 1. The van der Waals surface area contributed by atoms with Crippen molar-refractivity contribution in [2.75, 3.05) is 0 Å². The largest absolute Gasteiger partial charge is 0.352 e. The van der Waals surface area contributed by atoms with E-state index in [1.54, 1.807) is 11.3 Å². The van der Waals surface area contributed by atoms with E-state index in [1.807, 2.05) is 24.3 Å². The second-order valence-corrected chi connectivity index (χ2v) is 9.36. The number of rotatable bonds is 6. The zero-order valence-electron chi connectivity index (χ0n) is 15.5. The summed E-state index contributed by atoms with van der Waals surface area (Å²) in [7, 11) is 0. The molecule has 4 rings (SSSR count). The molecule has 1 heterocycles. The summed E-state index contributed by atoms with van der Waals surface area (Å²) in [6.45, 7) is 0.568. The van der Waals surface area contributed by atoms with Crippen molar-refractivity contribution in [3.05, 3.63) is 50.2 Å². The lowest BCUT2D eigenvalue weighted by molar-refractivity contribution is -0.120. The van der Waals surface area contributed by atoms with E-state index in [0.717, 1.165) is 20.5 Å². The molecule has 0 bridgehead atoms. The minimum Gasteiger partial charge on any atom is -0.352 e. The number of nitrogens with zero attached hydrogens (tertiary/aromatic N) is 2. The molecule has 6 heteroatoms. The van der Waals surface area contributed by atoms with Crippen LogP contribution in [0.5, 0.6) is 0 Å². The molecule has 1 aromatic carbocycles. The van der Waals surface area contributed by atoms with Crippen LogP contribution >= 0.6 is 27.3 Å². The molecule has 1 N–H and O–H groups in total. The second-order valence-electron chi connectivity index (χ2n) is 7.61. The lowest BCUT2D eigenvalue weighted by Crippen LogP contribution is -2.27. The minimum atomic E-state index is 0.0781. The predicted molar refractivity (Wildman–Crippen MR) is 113 cm³/mol. The first-order valence-corrected chi connectivity index (χ1v) is 11.6. The van der Waals surface area contributed by atoms with Crippen LogP contribution in [0.1, 0.15) is 62.2 Å². The maximum Gasteiger partial charge on any atom is 0.226 e. The average Bonchev–Trinajstić information content (AvgIpc) is 3.45. The van der Waals surface area contributed by atoms with Gasteiger partial charge in [0.1, 0.15) is 0 Å². The Bertz CT molecular complexity index is 845. The van der Waals surface area contributed by atoms with Gasteiger partial charge in [-0.3, -0.25) is 9.79 Å². The lowest BCUT2D eigenvalue weighted by atomic mass is 9.96. The molecule has 27 heavy (non-hydrogen) atoms. The molecule has 0 radical (unpaired) electrons. The van der Waals surface area contributed by atoms with Crippen molar-refractivity contribution in [1.29, 1.82) is 0 Å². The molecule has 1 aromatic heterocycles. The molecule has 2 aromatic rings. The molecule has 0 unspecified atom stereocenters. The van der Waals surface area contributed by atoms with E-state index >= 15 is 0 Å². The Balaban J connectivity index is 1.43. The summed E-state index contributed by atoms with van der Waals surface area (Å²) in [4.78, 5) is 18.7. The van der Waals surface area contributed by atoms with Crippen LogP contribution in [0.4, 0.5) is 0 Å². The van der Waals surface area contributed by atoms with Gasteiger partial charge in [-0.2, -0.15) is 0 Å². The Morgan fingerprint density at radius 3 is 2.59 bits per heavy atom. The van der Waals surface area contributed by atoms with Gasteiger partial charge in [-0.15, -0.1) is 11.3 Å². The van der Waals surface area contributed by atoms with Gasteiger partial charge in [0.2, 0.25) is 5.91 Å². The molecule has 0 aliphatic heterocycles. The highest BCUT2D eigenvalue weighted by Crippen LogP contribution is 2.35. The van der Waals surface area contributed by atoms with Crippen LogP contribution in [-0.2, 0) is 17.8 Å². The molecule has 0 saturated heterocycles. The Morgan fingerprint density at radius 1 is 1.15 bits per heavy atom. The zero-order valence-corrected chi connectivity index (χ0v) is 17.9. The number of thiazole rings is 1. The zero-order chi connectivity index (χ0) is 18.6. The van der Waals surface area contributed by atoms with Crippen molar-refractivity contribution < 1.29 is 4.79 Å². The number of nitrogens with one attached hydrogen (secondary N) is 1. The second kappa shape index (κ2) is 8.74. The number of carbonyl (C=O) groups is 1. The maximum absolute atomic E-state index is 12.5. The molecule has 144 valence electrons. The summed E-state index contributed by atoms with van der Waals surface area (Å²) >= 11 is 5.14. The molecule has 2 aliphatic carbocycles. The first-order chi connectivity index (χ1) is 13.2. The molecule has 1 amide bonds. The van der Waals surface area contributed by atoms with Gasteiger partial charge < -0.3 is 9.88 Å². The molecule has 0 atom stereocenters. The van der Waals surface area contributed by atoms with Crippen LogP contribution in [0.2, 0.25) is 0 Å². The Hall–Kier alpha value is -1.40. The van der Waals surface area contributed by atoms with Crippen molar-refractivity contribution in [3.8, 4) is 0 Å². The third kappa shape index (κ3) is 5.11. The van der Waals surface area contributed by atoms with Gasteiger partial charge in [-0.1, -0.05) is 47.3 Å². The number of carbonyl (C=O) groups excluding carboxylic acids is 1. The highest BCUT2D eigenvalue weighted by atomic mass is 79.9. The monoisotopic (exact) mass is 447 g/mol. The van der Waals surface area contributed by atoms with E-state index < -0.39 is 0 Å². The van der Waals surface area contributed by atoms with E-state index in [1.165, 1.54) is 44.9 Å². The fourth-order valence-corrected chi connectivity index (χ4v) is 4.99. The Labute approximate surface area is 172 Å². The van der Waals surface area contributed by atoms with Crippen molar-refractivity contribution in [2.45, 2.75) is 70.0 Å². The van der Waals surface area contributed by atoms with Gasteiger partial charge in [0.25, 0.3) is 0 Å². The van der Waals surface area contributed by atoms with Crippen LogP contribution < -0.4 is 10.1 Å². The summed E-state index contributed by atoms with van der Waals surface area (Å²) in [5.41, 5.74) is 2.23. The Morgan fingerprint density at radius 2 is 1.89 bits per heavy atom. The first kappa shape index (κ1) is 18.9. The highest BCUT2D eigenvalue weighted by molar-refractivity contribution is 9.10. The van der Waals surface area contributed by atoms with E-state index in [9.17, 15) is 4.79 Å². The predicted octanol–water partition coefficient (Wildman–Crippen LogP) is 4.74. The van der Waals surface area contributed by atoms with Crippen LogP contribution in [0.3, 0.4) is 0 Å². The normalized spacial score (nSPS) is 18.6. The summed E-state index contributed by atoms with van der Waals surface area (Å²) in [5.74, 6) is 0.0781. The fraction of sp³-hybridized carbons (Fsp3) is 0.524. The maximum atomic E-state index is 12.5. The topological polar surface area (TPSA) is 46.4 Å². The average molecular weight is 448 g/mol. The van der Waals surface area contributed by atoms with Gasteiger partial charge in [0, 0.05) is 28.1 Å². The number of benzene rings is 1. The van der Waals surface area contributed by atoms with Crippen LogP contribution in [0.15, 0.2) is 39.1 Å². The van der Waals surface area contributed by atoms with Crippen molar-refractivity contribution >= 4 is 33.2 Å². The number of amides is 1. The SMILES string of the molecule is O=C(Cc1csc(=NC2CCCCC2)n1C1CC1)NCc1ccc(Br)cc1. The minimum absolute atomic E-state index is 0.0781. The molecule has 4 nitrogen and oxygen atoms in total. The standard InChI is InChI=1S/C21H26BrN3OS/c22-16-8-6-15(7-9-16)13-23-20(26)12-19-14-27-21(25(19)18-10-11-18)24-17-4-2-1-3-5-17/h6-9,14,17-18H,1-5,10-13H2,(H,23,26). The lowest BCUT2D eigenvalue weighted by Gasteiger charge is -2.17. The van der Waals surface area contributed by atoms with Crippen LogP contribution in [0.25, 0.3) is 0 Å². The number of hydrogen-bond acceptors (Lipinski definition) is 3. The highest BCUT2D eigenvalue weighted by Gasteiger charge is 2.28. The Kier molecular flexibility index (Phi) is 6.13. The van der Waals surface area contributed by atoms with Crippen molar-refractivity contribution in [1.82, 2.24) is 9.88 Å². The summed E-state index contributed by atoms with van der Waals surface area (Å²) in [6.07, 6.45) is 9.23. The van der Waals surface area contributed by atoms with Crippen LogP contribution in [0, 0.1) is 0 Å². The molecule has 2 aliphatic rings. The van der Waals surface area contributed by atoms with Crippen molar-refractivity contribution in [2.24, 2.45) is 4.99 Å². The third-order valence-corrected chi connectivity index (χ3v) is 6.77. The fourth-order valence-electron chi connectivity index (χ4n) is 3.70. The smallest absolute Gasteiger partial charge is 0.226 e. The van der Waals surface area contributed by atoms with E-state index in [2.05, 4.69) is 31.2 Å². The van der Waals surface area contributed by atoms with Gasteiger partial charge in [-0.25, -0.2) is 0 Å². The summed E-state index contributed by atoms with van der Waals surface area (Å²) < 4.78 is 3.40. The van der Waals surface area contributed by atoms with E-state index in [-0.39, 0.29) is 5.91 Å². The summed E-state index contributed by atoms with van der Waals surface area (Å²) in [6, 6.07) is 9.08. The molecule has 2 saturated carbocycles. The first-order valence-electron chi connectivity index (χ1n) is 9.93. The quantitative estimate of drug-likeness (QED) is 0.682. The van der Waals surface area contributed by atoms with Gasteiger partial charge in [-0.05, 0) is 43.4 Å². The third-order valence-electron chi connectivity index (χ3n) is 5.34. The van der Waals surface area contributed by atoms with E-state index in [4.69, 9.17) is 4.99 Å². The number of aromatic nitrogens is 1. The number of halogens is 1.